The van der Waals surface area contributed by atoms with Crippen LogP contribution >= 0.6 is 11.6 Å². The van der Waals surface area contributed by atoms with Gasteiger partial charge < -0.3 is 4.57 Å². The maximum atomic E-state index is 5.66. The van der Waals surface area contributed by atoms with Crippen LogP contribution in [0.25, 0.3) is 11.2 Å². The van der Waals surface area contributed by atoms with Crippen molar-refractivity contribution in [3.05, 3.63) is 30.5 Å². The summed E-state index contributed by atoms with van der Waals surface area (Å²) in [5, 5.41) is 0.235. The van der Waals surface area contributed by atoms with Gasteiger partial charge in [0, 0.05) is 6.54 Å². The third-order valence-electron chi connectivity index (χ3n) is 1.65. The van der Waals surface area contributed by atoms with Crippen LogP contribution in [0.3, 0.4) is 0 Å². The molecule has 0 fully saturated rings. The number of rotatable bonds is 2. The monoisotopic (exact) mass is 194 g/mol. The fraction of sp³-hybridized carbons (Fsp3) is 0.125. The first-order chi connectivity index (χ1) is 6.31. The van der Waals surface area contributed by atoms with Gasteiger partial charge in [0.1, 0.15) is 5.52 Å². The zero-order valence-electron chi connectivity index (χ0n) is 6.81. The van der Waals surface area contributed by atoms with Gasteiger partial charge in [0.25, 0.3) is 0 Å². The SMILES string of the molecule is C=CCn1cnc2cnc(Cl)nc21. The average molecular weight is 195 g/mol. The lowest BCUT2D eigenvalue weighted by molar-refractivity contribution is 0.838. The Morgan fingerprint density at radius 1 is 1.54 bits per heavy atom. The van der Waals surface area contributed by atoms with Crippen molar-refractivity contribution < 1.29 is 0 Å². The Labute approximate surface area is 79.9 Å². The number of nitrogens with zero attached hydrogens (tertiary/aromatic N) is 4. The number of hydrogen-bond donors (Lipinski definition) is 0. The molecule has 0 saturated heterocycles. The second-order valence-corrected chi connectivity index (χ2v) is 2.87. The Morgan fingerprint density at radius 3 is 3.15 bits per heavy atom. The summed E-state index contributed by atoms with van der Waals surface area (Å²) in [4.78, 5) is 12.0. The number of aromatic nitrogens is 4. The molecule has 66 valence electrons. The number of imidazole rings is 1. The van der Waals surface area contributed by atoms with Crippen LogP contribution in [0, 0.1) is 0 Å². The predicted molar refractivity (Wildman–Crippen MR) is 50.5 cm³/mol. The van der Waals surface area contributed by atoms with Crippen molar-refractivity contribution >= 4 is 22.8 Å². The van der Waals surface area contributed by atoms with Gasteiger partial charge >= 0.3 is 0 Å². The highest BCUT2D eigenvalue weighted by Crippen LogP contribution is 2.10. The van der Waals surface area contributed by atoms with Gasteiger partial charge in [0.05, 0.1) is 12.5 Å². The molecule has 0 amide bonds. The first-order valence-corrected chi connectivity index (χ1v) is 4.13. The highest BCUT2D eigenvalue weighted by atomic mass is 35.5. The first kappa shape index (κ1) is 8.19. The van der Waals surface area contributed by atoms with Crippen molar-refractivity contribution in [2.45, 2.75) is 6.54 Å². The number of allylic oxidation sites excluding steroid dienone is 1. The van der Waals surface area contributed by atoms with E-state index in [1.165, 1.54) is 0 Å². The van der Waals surface area contributed by atoms with Crippen LogP contribution in [0.4, 0.5) is 0 Å². The Hall–Kier alpha value is -1.42. The topological polar surface area (TPSA) is 43.6 Å². The van der Waals surface area contributed by atoms with Gasteiger partial charge in [0.2, 0.25) is 5.28 Å². The standard InChI is InChI=1S/C8H7ClN4/c1-2-3-13-5-11-6-4-10-8(9)12-7(6)13/h2,4-5H,1,3H2. The Morgan fingerprint density at radius 2 is 2.38 bits per heavy atom. The quantitative estimate of drug-likeness (QED) is 0.540. The zero-order chi connectivity index (χ0) is 9.26. The van der Waals surface area contributed by atoms with Crippen molar-refractivity contribution in [2.75, 3.05) is 0 Å². The second kappa shape index (κ2) is 3.14. The summed E-state index contributed by atoms with van der Waals surface area (Å²) in [6.45, 7) is 4.31. The minimum atomic E-state index is 0.235. The molecule has 0 aromatic carbocycles. The Balaban J connectivity index is 2.64. The van der Waals surface area contributed by atoms with E-state index in [1.807, 2.05) is 4.57 Å². The molecule has 4 nitrogen and oxygen atoms in total. The van der Waals surface area contributed by atoms with E-state index in [1.54, 1.807) is 18.6 Å². The molecule has 5 heteroatoms. The van der Waals surface area contributed by atoms with Crippen LogP contribution in [0.1, 0.15) is 0 Å². The summed E-state index contributed by atoms with van der Waals surface area (Å²) < 4.78 is 1.86. The molecule has 0 unspecified atom stereocenters. The summed E-state index contributed by atoms with van der Waals surface area (Å²) in [5.74, 6) is 0. The van der Waals surface area contributed by atoms with E-state index in [0.717, 1.165) is 11.2 Å². The molecule has 2 aromatic heterocycles. The van der Waals surface area contributed by atoms with Crippen LogP contribution in [0.5, 0.6) is 0 Å². The molecule has 0 radical (unpaired) electrons. The molecule has 0 spiro atoms. The molecule has 2 rings (SSSR count). The predicted octanol–water partition coefficient (Wildman–Crippen LogP) is 1.67. The van der Waals surface area contributed by atoms with Crippen molar-refractivity contribution in [3.63, 3.8) is 0 Å². The number of fused-ring (bicyclic) bond motifs is 1. The van der Waals surface area contributed by atoms with Crippen molar-refractivity contribution in [2.24, 2.45) is 0 Å². The molecule has 0 bridgehead atoms. The molecule has 0 saturated carbocycles. The molecular formula is C8H7ClN4. The summed E-state index contributed by atoms with van der Waals surface area (Å²) in [6.07, 6.45) is 5.07. The lowest BCUT2D eigenvalue weighted by Crippen LogP contribution is -1.94. The number of halogens is 1. The molecule has 0 atom stereocenters. The third kappa shape index (κ3) is 1.40. The van der Waals surface area contributed by atoms with Gasteiger partial charge in [-0.2, -0.15) is 4.98 Å². The fourth-order valence-electron chi connectivity index (χ4n) is 1.11. The molecule has 0 aliphatic carbocycles. The van der Waals surface area contributed by atoms with E-state index in [0.29, 0.717) is 6.54 Å². The van der Waals surface area contributed by atoms with Gasteiger partial charge in [-0.05, 0) is 11.6 Å². The molecule has 13 heavy (non-hydrogen) atoms. The number of hydrogen-bond acceptors (Lipinski definition) is 3. The average Bonchev–Trinajstić information content (AvgIpc) is 2.49. The van der Waals surface area contributed by atoms with Gasteiger partial charge in [-0.3, -0.25) is 0 Å². The van der Waals surface area contributed by atoms with Crippen molar-refractivity contribution in [1.82, 2.24) is 19.5 Å². The van der Waals surface area contributed by atoms with Crippen LogP contribution in [0.15, 0.2) is 25.2 Å². The summed E-state index contributed by atoms with van der Waals surface area (Å²) in [6, 6.07) is 0. The van der Waals surface area contributed by atoms with Gasteiger partial charge in [-0.1, -0.05) is 6.08 Å². The second-order valence-electron chi connectivity index (χ2n) is 2.53. The summed E-state index contributed by atoms with van der Waals surface area (Å²) in [7, 11) is 0. The van der Waals surface area contributed by atoms with Crippen LogP contribution in [-0.2, 0) is 6.54 Å². The smallest absolute Gasteiger partial charge is 0.224 e. The zero-order valence-corrected chi connectivity index (χ0v) is 7.57. The minimum Gasteiger partial charge on any atom is -0.311 e. The van der Waals surface area contributed by atoms with Gasteiger partial charge in [0.15, 0.2) is 5.65 Å². The maximum absolute atomic E-state index is 5.66. The van der Waals surface area contributed by atoms with Gasteiger partial charge in [-0.25, -0.2) is 9.97 Å². The molecular weight excluding hydrogens is 188 g/mol. The van der Waals surface area contributed by atoms with E-state index in [9.17, 15) is 0 Å². The van der Waals surface area contributed by atoms with E-state index in [2.05, 4.69) is 21.5 Å². The first-order valence-electron chi connectivity index (χ1n) is 3.75. The third-order valence-corrected chi connectivity index (χ3v) is 1.84. The minimum absolute atomic E-state index is 0.235. The van der Waals surface area contributed by atoms with E-state index >= 15 is 0 Å². The maximum Gasteiger partial charge on any atom is 0.224 e. The van der Waals surface area contributed by atoms with E-state index < -0.39 is 0 Å². The molecule has 0 aliphatic heterocycles. The normalized spacial score (nSPS) is 10.5. The summed E-state index contributed by atoms with van der Waals surface area (Å²) in [5.41, 5.74) is 1.48. The van der Waals surface area contributed by atoms with Crippen LogP contribution in [0.2, 0.25) is 5.28 Å². The van der Waals surface area contributed by atoms with Crippen molar-refractivity contribution in [1.29, 1.82) is 0 Å². The highest BCUT2D eigenvalue weighted by Gasteiger charge is 2.03. The lowest BCUT2D eigenvalue weighted by atomic mass is 10.5. The van der Waals surface area contributed by atoms with Crippen molar-refractivity contribution in [3.8, 4) is 0 Å². The molecule has 0 aliphatic rings. The Kier molecular flexibility index (Phi) is 1.98. The van der Waals surface area contributed by atoms with Gasteiger partial charge in [-0.15, -0.1) is 6.58 Å². The van der Waals surface area contributed by atoms with Crippen LogP contribution < -0.4 is 0 Å². The molecule has 0 N–H and O–H groups in total. The highest BCUT2D eigenvalue weighted by molar-refractivity contribution is 6.28. The largest absolute Gasteiger partial charge is 0.311 e. The lowest BCUT2D eigenvalue weighted by Gasteiger charge is -1.97. The van der Waals surface area contributed by atoms with E-state index in [4.69, 9.17) is 11.6 Å². The molecule has 2 aromatic rings. The Bertz CT molecular complexity index is 448. The summed E-state index contributed by atoms with van der Waals surface area (Å²) >= 11 is 5.66. The van der Waals surface area contributed by atoms with E-state index in [-0.39, 0.29) is 5.28 Å². The van der Waals surface area contributed by atoms with Crippen LogP contribution in [-0.4, -0.2) is 19.5 Å². The fourth-order valence-corrected chi connectivity index (χ4v) is 1.24. The molecule has 2 heterocycles.